The van der Waals surface area contributed by atoms with E-state index in [0.717, 1.165) is 29.6 Å². The van der Waals surface area contributed by atoms with Gasteiger partial charge in [-0.1, -0.05) is 18.7 Å². The number of thiophene rings is 1. The summed E-state index contributed by atoms with van der Waals surface area (Å²) in [7, 11) is 0. The van der Waals surface area contributed by atoms with Crippen molar-refractivity contribution in [1.29, 1.82) is 0 Å². The van der Waals surface area contributed by atoms with Crippen molar-refractivity contribution in [3.05, 3.63) is 59.6 Å². The van der Waals surface area contributed by atoms with E-state index in [1.165, 1.54) is 35.8 Å². The summed E-state index contributed by atoms with van der Waals surface area (Å²) in [6, 6.07) is 9.47. The molecule has 2 N–H and O–H groups in total. The number of carbonyl (C=O) groups is 3. The number of benzene rings is 1. The number of nitrogens with one attached hydrogen (secondary N) is 2. The number of carbonyl (C=O) groups excluding carboxylic acids is 3. The zero-order valence-electron chi connectivity index (χ0n) is 19.1. The van der Waals surface area contributed by atoms with Crippen LogP contribution < -0.4 is 15.5 Å². The number of urea groups is 1. The number of hydrogen-bond donors (Lipinski definition) is 2. The number of rotatable bonds is 5. The molecule has 1 saturated heterocycles. The van der Waals surface area contributed by atoms with Crippen LogP contribution >= 0.6 is 11.3 Å². The monoisotopic (exact) mass is 487 g/mol. The van der Waals surface area contributed by atoms with Crippen LogP contribution in [0.5, 0.6) is 0 Å². The molecular weight excluding hydrogens is 462 g/mol. The van der Waals surface area contributed by atoms with Gasteiger partial charge in [-0.25, -0.2) is 9.78 Å². The molecule has 3 aromatic rings. The van der Waals surface area contributed by atoms with Crippen molar-refractivity contribution < 1.29 is 14.4 Å². The number of hydrogen-bond acceptors (Lipinski definition) is 5. The molecule has 0 radical (unpaired) electrons. The Morgan fingerprint density at radius 1 is 1.23 bits per heavy atom. The first-order valence-corrected chi connectivity index (χ1v) is 12.7. The van der Waals surface area contributed by atoms with E-state index in [1.54, 1.807) is 16.0 Å². The van der Waals surface area contributed by atoms with Gasteiger partial charge in [0.05, 0.1) is 22.4 Å². The second-order valence-corrected chi connectivity index (χ2v) is 10.3. The minimum atomic E-state index is -0.300. The number of aromatic nitrogens is 1. The summed E-state index contributed by atoms with van der Waals surface area (Å²) in [5.74, 6) is 0.175. The van der Waals surface area contributed by atoms with Gasteiger partial charge in [0.25, 0.3) is 5.91 Å². The Balaban J connectivity index is 1.32. The molecule has 8 nitrogen and oxygen atoms in total. The third-order valence-electron chi connectivity index (χ3n) is 6.87. The van der Waals surface area contributed by atoms with Crippen molar-refractivity contribution >= 4 is 56.5 Å². The van der Waals surface area contributed by atoms with Gasteiger partial charge in [-0.3, -0.25) is 14.5 Å². The highest BCUT2D eigenvalue weighted by atomic mass is 32.1. The largest absolute Gasteiger partial charge is 0.347 e. The Kier molecular flexibility index (Phi) is 5.29. The summed E-state index contributed by atoms with van der Waals surface area (Å²) in [4.78, 5) is 47.6. The average molecular weight is 488 g/mol. The van der Waals surface area contributed by atoms with Crippen LogP contribution in [0.25, 0.3) is 10.2 Å². The van der Waals surface area contributed by atoms with Gasteiger partial charge < -0.3 is 15.5 Å². The Labute approximate surface area is 206 Å². The molecule has 2 fully saturated rings. The summed E-state index contributed by atoms with van der Waals surface area (Å²) in [6.07, 6.45) is 6.94. The molecule has 1 aliphatic carbocycles. The molecule has 9 heteroatoms. The predicted molar refractivity (Wildman–Crippen MR) is 136 cm³/mol. The number of piperidine rings is 1. The zero-order chi connectivity index (χ0) is 24.1. The molecule has 3 aliphatic rings. The minimum Gasteiger partial charge on any atom is -0.347 e. The third kappa shape index (κ3) is 3.85. The van der Waals surface area contributed by atoms with E-state index in [4.69, 9.17) is 0 Å². The normalized spacial score (nSPS) is 19.4. The number of likely N-dealkylation sites (tertiary alicyclic amines) is 1. The smallest absolute Gasteiger partial charge is 0.331 e. The molecule has 2 aliphatic heterocycles. The standard InChI is InChI=1S/C26H25N5O3S/c1-2-20(32)30-12-4-6-17(14-30)28-24(33)23-22-21-19(10-11-27-25(21)35-23)31(26(34)29-22)18-7-3-5-16(13-18)15-8-9-15/h2-3,5,7,10-11,13,15,17H,1,4,6,8-9,12,14H2,(H,28,33)(H,29,34)/t17-/m1/s1. The lowest BCUT2D eigenvalue weighted by Gasteiger charge is -2.32. The highest BCUT2D eigenvalue weighted by Crippen LogP contribution is 2.47. The van der Waals surface area contributed by atoms with E-state index in [1.807, 2.05) is 18.2 Å². The molecule has 0 spiro atoms. The van der Waals surface area contributed by atoms with Gasteiger partial charge in [0.15, 0.2) is 0 Å². The molecule has 6 rings (SSSR count). The Morgan fingerprint density at radius 3 is 2.89 bits per heavy atom. The number of nitrogens with zero attached hydrogens (tertiary/aromatic N) is 3. The van der Waals surface area contributed by atoms with Crippen LogP contribution in [0.4, 0.5) is 21.9 Å². The van der Waals surface area contributed by atoms with Crippen LogP contribution in [0.3, 0.4) is 0 Å². The van der Waals surface area contributed by atoms with Gasteiger partial charge in [0, 0.05) is 25.3 Å². The van der Waals surface area contributed by atoms with Gasteiger partial charge >= 0.3 is 6.03 Å². The quantitative estimate of drug-likeness (QED) is 0.507. The highest BCUT2D eigenvalue weighted by molar-refractivity contribution is 7.21. The fourth-order valence-electron chi connectivity index (χ4n) is 5.01. The maximum atomic E-state index is 13.3. The maximum absolute atomic E-state index is 13.3. The lowest BCUT2D eigenvalue weighted by atomic mass is 10.1. The lowest BCUT2D eigenvalue weighted by molar-refractivity contribution is -0.127. The van der Waals surface area contributed by atoms with Crippen molar-refractivity contribution in [1.82, 2.24) is 15.2 Å². The zero-order valence-corrected chi connectivity index (χ0v) is 19.9. The molecule has 0 bridgehead atoms. The average Bonchev–Trinajstić information content (AvgIpc) is 3.66. The van der Waals surface area contributed by atoms with E-state index in [-0.39, 0.29) is 23.9 Å². The molecule has 1 aromatic carbocycles. The number of anilines is 3. The number of amides is 4. The van der Waals surface area contributed by atoms with Crippen LogP contribution in [-0.4, -0.2) is 46.9 Å². The Hall–Kier alpha value is -3.72. The van der Waals surface area contributed by atoms with Gasteiger partial charge in [0.2, 0.25) is 5.91 Å². The summed E-state index contributed by atoms with van der Waals surface area (Å²) >= 11 is 1.27. The molecule has 4 heterocycles. The van der Waals surface area contributed by atoms with Gasteiger partial charge in [-0.05, 0) is 61.4 Å². The number of pyridine rings is 1. The summed E-state index contributed by atoms with van der Waals surface area (Å²) in [6.45, 7) is 4.66. The van der Waals surface area contributed by atoms with Crippen molar-refractivity contribution in [2.75, 3.05) is 23.3 Å². The summed E-state index contributed by atoms with van der Waals surface area (Å²) in [5, 5.41) is 6.79. The van der Waals surface area contributed by atoms with E-state index in [0.29, 0.717) is 34.4 Å². The second-order valence-electron chi connectivity index (χ2n) is 9.25. The molecule has 4 amide bonds. The first kappa shape index (κ1) is 21.8. The first-order chi connectivity index (χ1) is 17.0. The summed E-state index contributed by atoms with van der Waals surface area (Å²) < 4.78 is 0. The van der Waals surface area contributed by atoms with Crippen LogP contribution in [-0.2, 0) is 4.79 Å². The van der Waals surface area contributed by atoms with Crippen molar-refractivity contribution in [2.45, 2.75) is 37.6 Å². The lowest BCUT2D eigenvalue weighted by Crippen LogP contribution is -2.49. The molecular formula is C26H25N5O3S. The van der Waals surface area contributed by atoms with Gasteiger partial charge in [-0.2, -0.15) is 0 Å². The van der Waals surface area contributed by atoms with E-state index in [9.17, 15) is 14.4 Å². The van der Waals surface area contributed by atoms with Crippen molar-refractivity contribution in [2.24, 2.45) is 0 Å². The fourth-order valence-corrected chi connectivity index (χ4v) is 6.03. The molecule has 0 unspecified atom stereocenters. The molecule has 2 aromatic heterocycles. The molecule has 178 valence electrons. The Morgan fingerprint density at radius 2 is 2.09 bits per heavy atom. The van der Waals surface area contributed by atoms with Crippen LogP contribution in [0, 0.1) is 0 Å². The molecule has 35 heavy (non-hydrogen) atoms. The van der Waals surface area contributed by atoms with E-state index in [2.05, 4.69) is 34.3 Å². The van der Waals surface area contributed by atoms with Crippen molar-refractivity contribution in [3.8, 4) is 0 Å². The van der Waals surface area contributed by atoms with Crippen LogP contribution in [0.2, 0.25) is 0 Å². The second kappa shape index (κ2) is 8.49. The third-order valence-corrected chi connectivity index (χ3v) is 7.97. The predicted octanol–water partition coefficient (Wildman–Crippen LogP) is 4.76. The minimum absolute atomic E-state index is 0.132. The SMILES string of the molecule is C=CC(=O)N1CCC[C@@H](NC(=O)c2sc3nccc4c3c2NC(=O)N4c2cccc(C3CC3)c2)C1. The summed E-state index contributed by atoms with van der Waals surface area (Å²) in [5.41, 5.74) is 3.27. The fraction of sp³-hybridized carbons (Fsp3) is 0.308. The van der Waals surface area contributed by atoms with E-state index >= 15 is 0 Å². The topological polar surface area (TPSA) is 94.6 Å². The molecule has 1 atom stereocenters. The van der Waals surface area contributed by atoms with Crippen LogP contribution in [0.15, 0.2) is 49.2 Å². The van der Waals surface area contributed by atoms with E-state index < -0.39 is 0 Å². The maximum Gasteiger partial charge on any atom is 0.331 e. The Bertz CT molecular complexity index is 1380. The first-order valence-electron chi connectivity index (χ1n) is 11.9. The highest BCUT2D eigenvalue weighted by Gasteiger charge is 2.34. The van der Waals surface area contributed by atoms with Gasteiger partial charge in [-0.15, -0.1) is 11.3 Å². The van der Waals surface area contributed by atoms with Gasteiger partial charge in [0.1, 0.15) is 9.71 Å². The molecule has 1 saturated carbocycles. The van der Waals surface area contributed by atoms with Crippen LogP contribution in [0.1, 0.15) is 46.8 Å². The van der Waals surface area contributed by atoms with Crippen molar-refractivity contribution in [3.63, 3.8) is 0 Å².